The lowest BCUT2D eigenvalue weighted by atomic mass is 9.77. The Morgan fingerprint density at radius 3 is 2.65 bits per heavy atom. The SMILES string of the molecule is CC1CCC(NC(=O)C2=Cc3ccccc3OC2)(C(=O)O)CC1. The van der Waals surface area contributed by atoms with Gasteiger partial charge >= 0.3 is 5.97 Å². The summed E-state index contributed by atoms with van der Waals surface area (Å²) in [4.78, 5) is 24.3. The van der Waals surface area contributed by atoms with Crippen molar-refractivity contribution in [3.05, 3.63) is 35.4 Å². The van der Waals surface area contributed by atoms with Gasteiger partial charge in [-0.1, -0.05) is 25.1 Å². The molecule has 2 N–H and O–H groups in total. The molecule has 0 bridgehead atoms. The molecule has 0 aromatic heterocycles. The van der Waals surface area contributed by atoms with Crippen LogP contribution in [-0.2, 0) is 9.59 Å². The summed E-state index contributed by atoms with van der Waals surface area (Å²) in [6.07, 6.45) is 4.34. The molecule has 23 heavy (non-hydrogen) atoms. The Balaban J connectivity index is 1.78. The minimum atomic E-state index is -1.15. The van der Waals surface area contributed by atoms with E-state index in [-0.39, 0.29) is 12.5 Å². The van der Waals surface area contributed by atoms with Gasteiger partial charge < -0.3 is 15.2 Å². The molecule has 122 valence electrons. The molecule has 1 saturated carbocycles. The lowest BCUT2D eigenvalue weighted by molar-refractivity contribution is -0.149. The molecule has 1 aromatic rings. The van der Waals surface area contributed by atoms with Crippen molar-refractivity contribution in [2.75, 3.05) is 6.61 Å². The number of carboxylic acids is 1. The number of carbonyl (C=O) groups excluding carboxylic acids is 1. The van der Waals surface area contributed by atoms with Crippen LogP contribution in [0.1, 0.15) is 38.2 Å². The summed E-state index contributed by atoms with van der Waals surface area (Å²) in [6.45, 7) is 2.27. The molecule has 1 aliphatic heterocycles. The summed E-state index contributed by atoms with van der Waals surface area (Å²) >= 11 is 0. The molecule has 0 unspecified atom stereocenters. The number of amides is 1. The van der Waals surface area contributed by atoms with Crippen LogP contribution in [0.15, 0.2) is 29.8 Å². The predicted molar refractivity (Wildman–Crippen MR) is 86.1 cm³/mol. The maximum absolute atomic E-state index is 12.5. The second-order valence-electron chi connectivity index (χ2n) is 6.52. The quantitative estimate of drug-likeness (QED) is 0.899. The van der Waals surface area contributed by atoms with Crippen LogP contribution in [0.5, 0.6) is 5.75 Å². The molecule has 0 radical (unpaired) electrons. The van der Waals surface area contributed by atoms with Crippen molar-refractivity contribution in [1.82, 2.24) is 5.32 Å². The Kier molecular flexibility index (Phi) is 4.11. The number of rotatable bonds is 3. The van der Waals surface area contributed by atoms with Crippen LogP contribution >= 0.6 is 0 Å². The van der Waals surface area contributed by atoms with Crippen LogP contribution in [0.4, 0.5) is 0 Å². The van der Waals surface area contributed by atoms with Crippen molar-refractivity contribution in [2.24, 2.45) is 5.92 Å². The van der Waals surface area contributed by atoms with Crippen LogP contribution in [-0.4, -0.2) is 29.1 Å². The van der Waals surface area contributed by atoms with Crippen LogP contribution in [0, 0.1) is 5.92 Å². The molecule has 1 aromatic carbocycles. The van der Waals surface area contributed by atoms with E-state index >= 15 is 0 Å². The van der Waals surface area contributed by atoms with Crippen molar-refractivity contribution < 1.29 is 19.4 Å². The molecular weight excluding hydrogens is 294 g/mol. The molecule has 1 heterocycles. The van der Waals surface area contributed by atoms with Gasteiger partial charge in [-0.25, -0.2) is 4.79 Å². The van der Waals surface area contributed by atoms with Crippen molar-refractivity contribution in [1.29, 1.82) is 0 Å². The Morgan fingerprint density at radius 2 is 1.96 bits per heavy atom. The normalized spacial score (nSPS) is 26.5. The zero-order valence-corrected chi connectivity index (χ0v) is 13.2. The van der Waals surface area contributed by atoms with Crippen LogP contribution in [0.3, 0.4) is 0 Å². The second-order valence-corrected chi connectivity index (χ2v) is 6.52. The zero-order valence-electron chi connectivity index (χ0n) is 13.2. The van der Waals surface area contributed by atoms with Crippen molar-refractivity contribution in [3.8, 4) is 5.75 Å². The van der Waals surface area contributed by atoms with Gasteiger partial charge in [-0.3, -0.25) is 4.79 Å². The van der Waals surface area contributed by atoms with Gasteiger partial charge in [0.15, 0.2) is 0 Å². The highest BCUT2D eigenvalue weighted by molar-refractivity contribution is 6.01. The number of hydrogen-bond donors (Lipinski definition) is 2. The number of nitrogens with one attached hydrogen (secondary N) is 1. The number of aliphatic carboxylic acids is 1. The summed E-state index contributed by atoms with van der Waals surface area (Å²) in [5, 5.41) is 12.4. The molecule has 3 rings (SSSR count). The lowest BCUT2D eigenvalue weighted by Gasteiger charge is -2.36. The minimum absolute atomic E-state index is 0.162. The Labute approximate surface area is 135 Å². The lowest BCUT2D eigenvalue weighted by Crippen LogP contribution is -2.56. The van der Waals surface area contributed by atoms with E-state index in [2.05, 4.69) is 12.2 Å². The highest BCUT2D eigenvalue weighted by Gasteiger charge is 2.43. The second kappa shape index (κ2) is 6.07. The fourth-order valence-corrected chi connectivity index (χ4v) is 3.19. The van der Waals surface area contributed by atoms with Gasteiger partial charge in [0.05, 0.1) is 5.57 Å². The first-order chi connectivity index (χ1) is 11.0. The van der Waals surface area contributed by atoms with E-state index in [1.807, 2.05) is 24.3 Å². The molecular formula is C18H21NO4. The van der Waals surface area contributed by atoms with Gasteiger partial charge in [0.1, 0.15) is 17.9 Å². The monoisotopic (exact) mass is 315 g/mol. The first-order valence-electron chi connectivity index (χ1n) is 7.98. The van der Waals surface area contributed by atoms with E-state index < -0.39 is 11.5 Å². The number of ether oxygens (including phenoxy) is 1. The van der Waals surface area contributed by atoms with Gasteiger partial charge in [-0.15, -0.1) is 0 Å². The standard InChI is InChI=1S/C18H21NO4/c1-12-6-8-18(9-7-12,17(21)22)19-16(20)14-10-13-4-2-3-5-15(13)23-11-14/h2-5,10,12H,6-9,11H2,1H3,(H,19,20)(H,21,22). The largest absolute Gasteiger partial charge is 0.488 e. The van der Waals surface area contributed by atoms with Gasteiger partial charge in [-0.05, 0) is 43.7 Å². The average Bonchev–Trinajstić information content (AvgIpc) is 2.56. The minimum Gasteiger partial charge on any atom is -0.488 e. The number of carboxylic acid groups (broad SMARTS) is 1. The van der Waals surface area contributed by atoms with E-state index in [0.29, 0.717) is 24.3 Å². The van der Waals surface area contributed by atoms with E-state index in [0.717, 1.165) is 24.2 Å². The van der Waals surface area contributed by atoms with Crippen molar-refractivity contribution >= 4 is 18.0 Å². The number of carbonyl (C=O) groups is 2. The molecule has 1 amide bonds. The number of hydrogen-bond acceptors (Lipinski definition) is 3. The maximum Gasteiger partial charge on any atom is 0.329 e. The molecule has 5 nitrogen and oxygen atoms in total. The number of para-hydroxylation sites is 1. The molecule has 0 saturated heterocycles. The number of fused-ring (bicyclic) bond motifs is 1. The summed E-state index contributed by atoms with van der Waals surface area (Å²) < 4.78 is 5.58. The van der Waals surface area contributed by atoms with Crippen LogP contribution in [0.25, 0.3) is 6.08 Å². The molecule has 0 spiro atoms. The third kappa shape index (κ3) is 3.09. The van der Waals surface area contributed by atoms with E-state index in [9.17, 15) is 14.7 Å². The highest BCUT2D eigenvalue weighted by Crippen LogP contribution is 2.33. The van der Waals surface area contributed by atoms with Gasteiger partial charge in [0, 0.05) is 5.56 Å². The Morgan fingerprint density at radius 1 is 1.26 bits per heavy atom. The summed E-state index contributed by atoms with van der Waals surface area (Å²) in [6, 6.07) is 7.47. The molecule has 2 aliphatic rings. The van der Waals surface area contributed by atoms with E-state index in [1.165, 1.54) is 0 Å². The molecule has 1 aliphatic carbocycles. The maximum atomic E-state index is 12.5. The van der Waals surface area contributed by atoms with Gasteiger partial charge in [0.2, 0.25) is 0 Å². The fourth-order valence-electron chi connectivity index (χ4n) is 3.19. The number of benzene rings is 1. The Hall–Kier alpha value is -2.30. The zero-order chi connectivity index (χ0) is 16.4. The third-order valence-corrected chi connectivity index (χ3v) is 4.81. The Bertz CT molecular complexity index is 657. The third-order valence-electron chi connectivity index (χ3n) is 4.81. The smallest absolute Gasteiger partial charge is 0.329 e. The first kappa shape index (κ1) is 15.6. The highest BCUT2D eigenvalue weighted by atomic mass is 16.5. The van der Waals surface area contributed by atoms with E-state index in [1.54, 1.807) is 6.08 Å². The van der Waals surface area contributed by atoms with Crippen LogP contribution < -0.4 is 10.1 Å². The fraction of sp³-hybridized carbons (Fsp3) is 0.444. The molecule has 1 fully saturated rings. The first-order valence-corrected chi connectivity index (χ1v) is 7.98. The van der Waals surface area contributed by atoms with Crippen molar-refractivity contribution in [2.45, 2.75) is 38.1 Å². The summed E-state index contributed by atoms with van der Waals surface area (Å²) in [5.41, 5.74) is 0.148. The van der Waals surface area contributed by atoms with Gasteiger partial charge in [0.25, 0.3) is 5.91 Å². The average molecular weight is 315 g/mol. The van der Waals surface area contributed by atoms with Crippen molar-refractivity contribution in [3.63, 3.8) is 0 Å². The van der Waals surface area contributed by atoms with Gasteiger partial charge in [-0.2, -0.15) is 0 Å². The molecule has 0 atom stereocenters. The topological polar surface area (TPSA) is 75.6 Å². The molecule has 5 heteroatoms. The summed E-state index contributed by atoms with van der Waals surface area (Å²) in [7, 11) is 0. The van der Waals surface area contributed by atoms with E-state index in [4.69, 9.17) is 4.74 Å². The summed E-state index contributed by atoms with van der Waals surface area (Å²) in [5.74, 6) is -0.0566. The predicted octanol–water partition coefficient (Wildman–Crippen LogP) is 2.61. The van der Waals surface area contributed by atoms with Crippen LogP contribution in [0.2, 0.25) is 0 Å².